The second-order valence-corrected chi connectivity index (χ2v) is 24.7. The zero-order chi connectivity index (χ0) is 49.7. The van der Waals surface area contributed by atoms with E-state index in [1.165, 1.54) is 70.5 Å². The number of piperidine rings is 1. The highest BCUT2D eigenvalue weighted by atomic mass is 32.2. The second kappa shape index (κ2) is 26.1. The molecule has 12 nitrogen and oxygen atoms in total. The summed E-state index contributed by atoms with van der Waals surface area (Å²) in [6, 6.07) is 32.0. The number of benzene rings is 3. The molecule has 0 radical (unpaired) electrons. The minimum absolute atomic E-state index is 0.586. The van der Waals surface area contributed by atoms with Crippen molar-refractivity contribution in [1.29, 1.82) is 0 Å². The van der Waals surface area contributed by atoms with Crippen molar-refractivity contribution >= 4 is 121 Å². The number of nitrogens with one attached hydrogen (secondary N) is 1. The van der Waals surface area contributed by atoms with Crippen molar-refractivity contribution in [3.63, 3.8) is 0 Å². The molecule has 2 saturated heterocycles. The van der Waals surface area contributed by atoms with E-state index in [0.29, 0.717) is 23.5 Å². The summed E-state index contributed by atoms with van der Waals surface area (Å²) in [5.41, 5.74) is 25.2. The van der Waals surface area contributed by atoms with Gasteiger partial charge in [-0.15, -0.1) is 69.3 Å². The summed E-state index contributed by atoms with van der Waals surface area (Å²) in [7, 11) is 4.23. The van der Waals surface area contributed by atoms with Crippen molar-refractivity contribution in [2.24, 2.45) is 32.2 Å². The topological polar surface area (TPSA) is 143 Å². The van der Waals surface area contributed by atoms with Gasteiger partial charge >= 0.3 is 0 Å². The molecule has 2 fully saturated rings. The third kappa shape index (κ3) is 14.2. The van der Waals surface area contributed by atoms with Gasteiger partial charge in [-0.05, 0) is 155 Å². The molecule has 6 aromatic rings. The SMILES string of the molecule is CN(C)CCN1CCSc2ccc(N=C(N)c3cccs3)cc21.NC(=Nc1ccc2c(c1)N(C1CCNCC1)CCS2)c1cccs1.NC(=Nc1ccc2c(c1)N(CCN1CCCC1)CCS2)c1cccs1. The highest BCUT2D eigenvalue weighted by molar-refractivity contribution is 8.00. The number of hydrogen-bond donors (Lipinski definition) is 4. The number of nitrogens with zero attached hydrogens (tertiary/aromatic N) is 8. The quantitative estimate of drug-likeness (QED) is 0.0646. The van der Waals surface area contributed by atoms with Crippen LogP contribution in [0.2, 0.25) is 0 Å². The Labute approximate surface area is 451 Å². The number of hydrogen-bond acceptors (Lipinski definition) is 15. The molecule has 11 rings (SSSR count). The van der Waals surface area contributed by atoms with Crippen LogP contribution >= 0.6 is 69.3 Å². The van der Waals surface area contributed by atoms with E-state index < -0.39 is 0 Å². The van der Waals surface area contributed by atoms with Crippen LogP contribution in [0.25, 0.3) is 0 Å². The molecular formula is C54H68N12S6. The largest absolute Gasteiger partial charge is 0.383 e. The number of nitrogens with two attached hydrogens (primary N) is 3. The van der Waals surface area contributed by atoms with E-state index in [1.807, 2.05) is 87.8 Å². The van der Waals surface area contributed by atoms with Crippen molar-refractivity contribution in [3.8, 4) is 0 Å². The summed E-state index contributed by atoms with van der Waals surface area (Å²) in [5, 5.41) is 9.54. The number of fused-ring (bicyclic) bond motifs is 3. The van der Waals surface area contributed by atoms with Gasteiger partial charge in [-0.1, -0.05) is 18.2 Å². The van der Waals surface area contributed by atoms with Gasteiger partial charge in [0.2, 0.25) is 0 Å². The van der Waals surface area contributed by atoms with Crippen LogP contribution in [-0.2, 0) is 0 Å². The number of anilines is 3. The molecule has 0 atom stereocenters. The van der Waals surface area contributed by atoms with E-state index in [9.17, 15) is 0 Å². The zero-order valence-corrected chi connectivity index (χ0v) is 46.4. The molecule has 72 heavy (non-hydrogen) atoms. The van der Waals surface area contributed by atoms with Gasteiger partial charge in [-0.3, -0.25) is 0 Å². The summed E-state index contributed by atoms with van der Waals surface area (Å²) in [4.78, 5) is 33.4. The van der Waals surface area contributed by atoms with E-state index >= 15 is 0 Å². The average molecular weight is 1080 g/mol. The van der Waals surface area contributed by atoms with Gasteiger partial charge < -0.3 is 47.0 Å². The second-order valence-electron chi connectivity index (χ2n) is 18.4. The standard InChI is InChI=1S/C19H24N4S2.C18H22N4S2.C17H22N4S2/c20-19(18-4-3-12-24-18)21-15-5-6-17-16(14-15)23(11-13-25-17)10-9-22-7-1-2-8-22;19-18(17-2-1-10-23-17)21-13-3-4-16-15(12-13)22(9-11-24-16)14-5-7-20-8-6-14;1-20(2)7-8-21-9-11-23-15-6-5-13(12-14(15)21)19-17(18)16-4-3-10-22-16/h3-6,12,14H,1-2,7-11,13H2,(H2,20,21);1-4,10,12,14,20H,5-9,11H2,(H2,19,21);3-6,10,12H,7-9,11H2,1-2H3,(H2,18,19). The molecule has 0 aliphatic carbocycles. The number of thioether (sulfide) groups is 3. The lowest BCUT2D eigenvalue weighted by molar-refractivity contribution is 0.345. The fourth-order valence-corrected chi connectivity index (χ4v) is 14.3. The van der Waals surface area contributed by atoms with E-state index in [1.54, 1.807) is 34.0 Å². The van der Waals surface area contributed by atoms with Crippen molar-refractivity contribution in [2.75, 3.05) is 118 Å². The van der Waals surface area contributed by atoms with Gasteiger partial charge in [0.1, 0.15) is 17.5 Å². The maximum Gasteiger partial charge on any atom is 0.141 e. The zero-order valence-electron chi connectivity index (χ0n) is 41.5. The molecule has 7 N–H and O–H groups in total. The third-order valence-corrected chi connectivity index (χ3v) is 19.0. The first-order valence-corrected chi connectivity index (χ1v) is 30.6. The van der Waals surface area contributed by atoms with Crippen molar-refractivity contribution in [3.05, 3.63) is 122 Å². The minimum Gasteiger partial charge on any atom is -0.383 e. The Morgan fingerprint density at radius 3 is 1.46 bits per heavy atom. The van der Waals surface area contributed by atoms with Gasteiger partial charge in [0.05, 0.1) is 48.8 Å². The van der Waals surface area contributed by atoms with Crippen LogP contribution in [-0.4, -0.2) is 137 Å². The monoisotopic (exact) mass is 1080 g/mol. The average Bonchev–Trinajstić information content (AvgIpc) is 4.28. The molecule has 3 aromatic heterocycles. The molecule has 8 heterocycles. The fraction of sp³-hybridized carbons (Fsp3) is 0.389. The normalized spacial score (nSPS) is 17.7. The molecule has 0 bridgehead atoms. The van der Waals surface area contributed by atoms with Crippen LogP contribution in [0.3, 0.4) is 0 Å². The molecular weight excluding hydrogens is 1010 g/mol. The molecule has 0 amide bonds. The van der Waals surface area contributed by atoms with Crippen molar-refractivity contribution in [2.45, 2.75) is 46.4 Å². The summed E-state index contributed by atoms with van der Waals surface area (Å²) in [6.07, 6.45) is 5.14. The molecule has 18 heteroatoms. The number of likely N-dealkylation sites (tertiary alicyclic amines) is 1. The Hall–Kier alpha value is -4.50. The number of aliphatic imine (C=N–C) groups is 3. The molecule has 0 unspecified atom stereocenters. The summed E-state index contributed by atoms with van der Waals surface area (Å²) < 4.78 is 0. The molecule has 3 aromatic carbocycles. The van der Waals surface area contributed by atoms with Crippen LogP contribution in [0.1, 0.15) is 40.3 Å². The van der Waals surface area contributed by atoms with Crippen LogP contribution in [0, 0.1) is 0 Å². The van der Waals surface area contributed by atoms with Crippen LogP contribution in [0.15, 0.2) is 137 Å². The summed E-state index contributed by atoms with van der Waals surface area (Å²) >= 11 is 10.7. The van der Waals surface area contributed by atoms with E-state index in [0.717, 1.165) is 108 Å². The molecule has 5 aliphatic heterocycles. The van der Waals surface area contributed by atoms with E-state index in [4.69, 9.17) is 17.2 Å². The molecule has 0 spiro atoms. The smallest absolute Gasteiger partial charge is 0.141 e. The highest BCUT2D eigenvalue weighted by Gasteiger charge is 2.27. The lowest BCUT2D eigenvalue weighted by atomic mass is 10.0. The fourth-order valence-electron chi connectivity index (χ4n) is 9.36. The first-order valence-electron chi connectivity index (χ1n) is 25.0. The summed E-state index contributed by atoms with van der Waals surface area (Å²) in [6.45, 7) is 12.4. The van der Waals surface area contributed by atoms with Crippen LogP contribution in [0.4, 0.5) is 34.1 Å². The lowest BCUT2D eigenvalue weighted by Gasteiger charge is -2.39. The number of likely N-dealkylation sites (N-methyl/N-ethyl adjacent to an activating group) is 1. The maximum atomic E-state index is 6.16. The Balaban J connectivity index is 0.000000133. The first-order chi connectivity index (χ1) is 35.2. The van der Waals surface area contributed by atoms with Crippen LogP contribution < -0.4 is 37.2 Å². The van der Waals surface area contributed by atoms with E-state index in [2.05, 4.69) is 113 Å². The van der Waals surface area contributed by atoms with Crippen molar-refractivity contribution in [1.82, 2.24) is 15.1 Å². The first kappa shape index (κ1) is 52.4. The van der Waals surface area contributed by atoms with Gasteiger partial charge in [-0.2, -0.15) is 0 Å². The molecule has 5 aliphatic rings. The van der Waals surface area contributed by atoms with Gasteiger partial charge in [0.15, 0.2) is 0 Å². The predicted molar refractivity (Wildman–Crippen MR) is 317 cm³/mol. The number of amidine groups is 3. The third-order valence-electron chi connectivity index (χ3n) is 13.2. The minimum atomic E-state index is 0.586. The Kier molecular flexibility index (Phi) is 19.0. The highest BCUT2D eigenvalue weighted by Crippen LogP contribution is 2.41. The van der Waals surface area contributed by atoms with Gasteiger partial charge in [0, 0.05) is 83.8 Å². The molecule has 380 valence electrons. The lowest BCUT2D eigenvalue weighted by Crippen LogP contribution is -2.45. The van der Waals surface area contributed by atoms with Crippen molar-refractivity contribution < 1.29 is 0 Å². The predicted octanol–water partition coefficient (Wildman–Crippen LogP) is 10.5. The maximum absolute atomic E-state index is 6.16. The Morgan fingerprint density at radius 2 is 1.00 bits per heavy atom. The Bertz CT molecular complexity index is 2730. The summed E-state index contributed by atoms with van der Waals surface area (Å²) in [5.74, 6) is 5.25. The van der Waals surface area contributed by atoms with Crippen LogP contribution in [0.5, 0.6) is 0 Å². The van der Waals surface area contributed by atoms with Gasteiger partial charge in [0.25, 0.3) is 0 Å². The van der Waals surface area contributed by atoms with E-state index in [-0.39, 0.29) is 0 Å². The Morgan fingerprint density at radius 1 is 0.556 bits per heavy atom. The van der Waals surface area contributed by atoms with Gasteiger partial charge in [-0.25, -0.2) is 15.0 Å². The molecule has 0 saturated carbocycles. The number of thiophene rings is 3. The number of rotatable bonds is 13.